The third-order valence-corrected chi connectivity index (χ3v) is 2.86. The highest BCUT2D eigenvalue weighted by Gasteiger charge is 2.14. The van der Waals surface area contributed by atoms with Gasteiger partial charge in [-0.15, -0.1) is 12.4 Å². The van der Waals surface area contributed by atoms with Gasteiger partial charge < -0.3 is 10.1 Å². The minimum atomic E-state index is 0. The van der Waals surface area contributed by atoms with Crippen molar-refractivity contribution in [3.8, 4) is 5.75 Å². The fourth-order valence-corrected chi connectivity index (χ4v) is 2.03. The third kappa shape index (κ3) is 3.11. The molecule has 0 unspecified atom stereocenters. The quantitative estimate of drug-likeness (QED) is 0.839. The number of methoxy groups -OCH3 is 1. The van der Waals surface area contributed by atoms with Crippen molar-refractivity contribution in [3.63, 3.8) is 0 Å². The van der Waals surface area contributed by atoms with Gasteiger partial charge in [-0.05, 0) is 43.0 Å². The lowest BCUT2D eigenvalue weighted by Crippen LogP contribution is -2.28. The molecule has 0 aliphatic carbocycles. The van der Waals surface area contributed by atoms with E-state index in [0.717, 1.165) is 12.3 Å². The summed E-state index contributed by atoms with van der Waals surface area (Å²) in [6, 6.07) is 8.42. The molecule has 2 rings (SSSR count). The second kappa shape index (κ2) is 5.99. The van der Waals surface area contributed by atoms with Gasteiger partial charge in [-0.1, -0.05) is 12.1 Å². The van der Waals surface area contributed by atoms with Crippen LogP contribution in [0.15, 0.2) is 24.3 Å². The molecular weight excluding hydrogens is 210 g/mol. The van der Waals surface area contributed by atoms with E-state index in [9.17, 15) is 0 Å². The van der Waals surface area contributed by atoms with Gasteiger partial charge in [0.05, 0.1) is 7.11 Å². The van der Waals surface area contributed by atoms with E-state index in [1.165, 1.54) is 24.9 Å². The molecule has 0 aromatic heterocycles. The molecule has 1 aromatic rings. The second-order valence-corrected chi connectivity index (χ2v) is 3.82. The zero-order chi connectivity index (χ0) is 9.80. The number of hydrogen-bond donors (Lipinski definition) is 1. The van der Waals surface area contributed by atoms with Crippen LogP contribution in [0.5, 0.6) is 5.75 Å². The van der Waals surface area contributed by atoms with Crippen LogP contribution in [0.25, 0.3) is 0 Å². The molecule has 1 aliphatic rings. The molecular formula is C12H18ClNO. The van der Waals surface area contributed by atoms with Crippen molar-refractivity contribution >= 4 is 12.4 Å². The third-order valence-electron chi connectivity index (χ3n) is 2.86. The van der Waals surface area contributed by atoms with Crippen molar-refractivity contribution in [2.24, 2.45) is 0 Å². The summed E-state index contributed by atoms with van der Waals surface area (Å²) in [4.78, 5) is 0. The first-order valence-corrected chi connectivity index (χ1v) is 5.25. The summed E-state index contributed by atoms with van der Waals surface area (Å²) < 4.78 is 5.23. The Kier molecular flexibility index (Phi) is 4.92. The zero-order valence-corrected chi connectivity index (χ0v) is 9.85. The van der Waals surface area contributed by atoms with Crippen molar-refractivity contribution in [2.75, 3.05) is 20.2 Å². The van der Waals surface area contributed by atoms with Crippen LogP contribution in [0.1, 0.15) is 24.3 Å². The number of rotatable bonds is 2. The van der Waals surface area contributed by atoms with Gasteiger partial charge in [0.15, 0.2) is 0 Å². The van der Waals surface area contributed by atoms with Crippen LogP contribution in [-0.4, -0.2) is 20.2 Å². The molecule has 84 valence electrons. The van der Waals surface area contributed by atoms with Crippen LogP contribution in [0.3, 0.4) is 0 Å². The van der Waals surface area contributed by atoms with E-state index >= 15 is 0 Å². The van der Waals surface area contributed by atoms with Crippen LogP contribution in [0.2, 0.25) is 0 Å². The minimum Gasteiger partial charge on any atom is -0.497 e. The number of ether oxygens (including phenoxy) is 1. The Morgan fingerprint density at radius 1 is 1.40 bits per heavy atom. The van der Waals surface area contributed by atoms with E-state index in [4.69, 9.17) is 4.74 Å². The molecule has 0 bridgehead atoms. The summed E-state index contributed by atoms with van der Waals surface area (Å²) >= 11 is 0. The van der Waals surface area contributed by atoms with Crippen molar-refractivity contribution in [1.82, 2.24) is 5.32 Å². The largest absolute Gasteiger partial charge is 0.497 e. The Morgan fingerprint density at radius 2 is 2.27 bits per heavy atom. The van der Waals surface area contributed by atoms with E-state index in [1.54, 1.807) is 7.11 Å². The fraction of sp³-hybridized carbons (Fsp3) is 0.500. The van der Waals surface area contributed by atoms with Gasteiger partial charge >= 0.3 is 0 Å². The Hall–Kier alpha value is -0.730. The van der Waals surface area contributed by atoms with Gasteiger partial charge in [-0.25, -0.2) is 0 Å². The Balaban J connectivity index is 0.00000112. The molecule has 1 saturated heterocycles. The monoisotopic (exact) mass is 227 g/mol. The Labute approximate surface area is 97.4 Å². The lowest BCUT2D eigenvalue weighted by atomic mass is 9.92. The summed E-state index contributed by atoms with van der Waals surface area (Å²) in [7, 11) is 1.72. The van der Waals surface area contributed by atoms with E-state index < -0.39 is 0 Å². The van der Waals surface area contributed by atoms with E-state index in [2.05, 4.69) is 23.5 Å². The van der Waals surface area contributed by atoms with Gasteiger partial charge in [0.25, 0.3) is 0 Å². The van der Waals surface area contributed by atoms with Crippen LogP contribution in [0, 0.1) is 0 Å². The van der Waals surface area contributed by atoms with Crippen LogP contribution < -0.4 is 10.1 Å². The molecule has 1 heterocycles. The number of benzene rings is 1. The summed E-state index contributed by atoms with van der Waals surface area (Å²) in [5, 5.41) is 3.43. The average Bonchev–Trinajstić information content (AvgIpc) is 2.30. The molecule has 1 N–H and O–H groups in total. The Morgan fingerprint density at radius 3 is 2.93 bits per heavy atom. The predicted molar refractivity (Wildman–Crippen MR) is 65.1 cm³/mol. The van der Waals surface area contributed by atoms with Crippen LogP contribution in [-0.2, 0) is 0 Å². The number of halogens is 1. The maximum atomic E-state index is 5.23. The van der Waals surface area contributed by atoms with E-state index in [0.29, 0.717) is 5.92 Å². The normalized spacial score (nSPS) is 20.5. The molecule has 3 heteroatoms. The smallest absolute Gasteiger partial charge is 0.119 e. The highest BCUT2D eigenvalue weighted by molar-refractivity contribution is 5.85. The van der Waals surface area contributed by atoms with Crippen LogP contribution in [0.4, 0.5) is 0 Å². The summed E-state index contributed by atoms with van der Waals surface area (Å²) in [6.45, 7) is 2.27. The first-order chi connectivity index (χ1) is 6.90. The summed E-state index contributed by atoms with van der Waals surface area (Å²) in [5.41, 5.74) is 1.40. The number of hydrogen-bond acceptors (Lipinski definition) is 2. The standard InChI is InChI=1S/C12H17NO.ClH/c1-14-12-6-2-4-10(8-12)11-5-3-7-13-9-11;/h2,4,6,8,11,13H,3,5,7,9H2,1H3;1H/t11-;/m1./s1. The maximum absolute atomic E-state index is 5.23. The topological polar surface area (TPSA) is 21.3 Å². The first kappa shape index (κ1) is 12.3. The van der Waals surface area contributed by atoms with Crippen molar-refractivity contribution in [2.45, 2.75) is 18.8 Å². The van der Waals surface area contributed by atoms with Gasteiger partial charge in [-0.2, -0.15) is 0 Å². The number of nitrogens with one attached hydrogen (secondary N) is 1. The molecule has 0 radical (unpaired) electrons. The number of piperidine rings is 1. The molecule has 1 fully saturated rings. The lowest BCUT2D eigenvalue weighted by Gasteiger charge is -2.23. The lowest BCUT2D eigenvalue weighted by molar-refractivity contribution is 0.411. The zero-order valence-electron chi connectivity index (χ0n) is 9.03. The molecule has 0 amide bonds. The van der Waals surface area contributed by atoms with Gasteiger partial charge in [0, 0.05) is 6.54 Å². The van der Waals surface area contributed by atoms with Crippen molar-refractivity contribution in [1.29, 1.82) is 0 Å². The Bertz CT molecular complexity index is 297. The van der Waals surface area contributed by atoms with Crippen molar-refractivity contribution in [3.05, 3.63) is 29.8 Å². The van der Waals surface area contributed by atoms with Gasteiger partial charge in [0.1, 0.15) is 5.75 Å². The van der Waals surface area contributed by atoms with E-state index in [1.807, 2.05) is 6.07 Å². The second-order valence-electron chi connectivity index (χ2n) is 3.82. The van der Waals surface area contributed by atoms with Gasteiger partial charge in [0.2, 0.25) is 0 Å². The van der Waals surface area contributed by atoms with Crippen molar-refractivity contribution < 1.29 is 4.74 Å². The van der Waals surface area contributed by atoms with Crippen LogP contribution >= 0.6 is 12.4 Å². The predicted octanol–water partition coefficient (Wildman–Crippen LogP) is 2.58. The molecule has 2 nitrogen and oxygen atoms in total. The van der Waals surface area contributed by atoms with Gasteiger partial charge in [-0.3, -0.25) is 0 Å². The average molecular weight is 228 g/mol. The summed E-state index contributed by atoms with van der Waals surface area (Å²) in [5.74, 6) is 1.63. The highest BCUT2D eigenvalue weighted by atomic mass is 35.5. The fourth-order valence-electron chi connectivity index (χ4n) is 2.03. The highest BCUT2D eigenvalue weighted by Crippen LogP contribution is 2.25. The first-order valence-electron chi connectivity index (χ1n) is 5.25. The molecule has 0 saturated carbocycles. The molecule has 1 aromatic carbocycles. The molecule has 0 spiro atoms. The molecule has 1 atom stereocenters. The maximum Gasteiger partial charge on any atom is 0.119 e. The summed E-state index contributed by atoms with van der Waals surface area (Å²) in [6.07, 6.45) is 2.57. The molecule has 1 aliphatic heterocycles. The minimum absolute atomic E-state index is 0. The van der Waals surface area contributed by atoms with E-state index in [-0.39, 0.29) is 12.4 Å². The SMILES string of the molecule is COc1cccc([C@@H]2CCCNC2)c1.Cl. The molecule has 15 heavy (non-hydrogen) atoms.